The minimum atomic E-state index is -0.722. The lowest BCUT2D eigenvalue weighted by Crippen LogP contribution is -2.16. The van der Waals surface area contributed by atoms with Crippen molar-refractivity contribution in [3.63, 3.8) is 0 Å². The Morgan fingerprint density at radius 3 is 2.33 bits per heavy atom. The van der Waals surface area contributed by atoms with E-state index >= 15 is 0 Å². The highest BCUT2D eigenvalue weighted by atomic mass is 32.2. The van der Waals surface area contributed by atoms with Crippen LogP contribution in [0.2, 0.25) is 0 Å². The Morgan fingerprint density at radius 2 is 1.81 bits per heavy atom. The van der Waals surface area contributed by atoms with Crippen LogP contribution in [0.5, 0.6) is 0 Å². The van der Waals surface area contributed by atoms with E-state index in [4.69, 9.17) is 16.2 Å². The van der Waals surface area contributed by atoms with Crippen molar-refractivity contribution in [2.45, 2.75) is 12.1 Å². The number of nitrogens with zero attached hydrogens (tertiary/aromatic N) is 3. The van der Waals surface area contributed by atoms with Crippen molar-refractivity contribution in [3.8, 4) is 0 Å². The number of nitrogen functional groups attached to an aromatic ring is 2. The van der Waals surface area contributed by atoms with Crippen LogP contribution in [0.15, 0.2) is 29.4 Å². The first-order chi connectivity index (χ1) is 12.8. The highest BCUT2D eigenvalue weighted by Crippen LogP contribution is 2.23. The number of nitro groups is 1. The third-order valence-electron chi connectivity index (χ3n) is 3.12. The van der Waals surface area contributed by atoms with E-state index in [1.54, 1.807) is 6.92 Å². The summed E-state index contributed by atoms with van der Waals surface area (Å²) >= 11 is 0.963. The predicted octanol–water partition coefficient (Wildman–Crippen LogP) is 1.46. The molecule has 5 N–H and O–H groups in total. The van der Waals surface area contributed by atoms with E-state index in [1.807, 2.05) is 0 Å². The van der Waals surface area contributed by atoms with Gasteiger partial charge in [0, 0.05) is 17.8 Å². The van der Waals surface area contributed by atoms with Gasteiger partial charge >= 0.3 is 5.97 Å². The molecule has 0 saturated carbocycles. The van der Waals surface area contributed by atoms with E-state index in [-0.39, 0.29) is 46.3 Å². The lowest BCUT2D eigenvalue weighted by atomic mass is 10.3. The van der Waals surface area contributed by atoms with Gasteiger partial charge in [-0.15, -0.1) is 0 Å². The van der Waals surface area contributed by atoms with Gasteiger partial charge in [0.05, 0.1) is 17.3 Å². The Labute approximate surface area is 157 Å². The molecule has 11 nitrogen and oxygen atoms in total. The molecular weight excluding hydrogens is 376 g/mol. The summed E-state index contributed by atoms with van der Waals surface area (Å²) < 4.78 is 4.83. The fourth-order valence-electron chi connectivity index (χ4n) is 1.94. The van der Waals surface area contributed by atoms with Crippen LogP contribution >= 0.6 is 11.8 Å². The molecule has 12 heteroatoms. The van der Waals surface area contributed by atoms with E-state index in [0.717, 1.165) is 11.8 Å². The van der Waals surface area contributed by atoms with E-state index in [0.29, 0.717) is 5.69 Å². The zero-order valence-electron chi connectivity index (χ0n) is 14.2. The highest BCUT2D eigenvalue weighted by Gasteiger charge is 2.19. The standard InChI is InChI=1S/C15H16N6O5S/c1-2-26-14(23)11-12(16)19-15(20-13(11)17)27-7-10(22)18-8-3-5-9(6-4-8)21(24)25/h3-6H,2,7H2,1H3,(H,18,22)(H4,16,17,19,20). The number of non-ortho nitro benzene ring substituents is 1. The van der Waals surface area contributed by atoms with Gasteiger partial charge in [-0.2, -0.15) is 0 Å². The number of hydrogen-bond donors (Lipinski definition) is 3. The summed E-state index contributed by atoms with van der Waals surface area (Å²) in [4.78, 5) is 41.7. The van der Waals surface area contributed by atoms with Crippen molar-refractivity contribution in [3.05, 3.63) is 39.9 Å². The minimum absolute atomic E-state index is 0.0609. The monoisotopic (exact) mass is 392 g/mol. The Hall–Kier alpha value is -3.41. The maximum absolute atomic E-state index is 12.0. The molecule has 0 radical (unpaired) electrons. The normalized spacial score (nSPS) is 10.3. The molecule has 1 aromatic heterocycles. The summed E-state index contributed by atoms with van der Waals surface area (Å²) in [6.07, 6.45) is 0. The highest BCUT2D eigenvalue weighted by molar-refractivity contribution is 7.99. The molecule has 0 unspecified atom stereocenters. The van der Waals surface area contributed by atoms with Gasteiger partial charge in [-0.05, 0) is 19.1 Å². The lowest BCUT2D eigenvalue weighted by molar-refractivity contribution is -0.384. The van der Waals surface area contributed by atoms with Gasteiger partial charge in [-0.25, -0.2) is 14.8 Å². The Kier molecular flexibility index (Phi) is 6.49. The zero-order valence-corrected chi connectivity index (χ0v) is 15.0. The van der Waals surface area contributed by atoms with E-state index in [1.165, 1.54) is 24.3 Å². The quantitative estimate of drug-likeness (QED) is 0.205. The minimum Gasteiger partial charge on any atom is -0.462 e. The van der Waals surface area contributed by atoms with Gasteiger partial charge in [-0.1, -0.05) is 11.8 Å². The summed E-state index contributed by atoms with van der Waals surface area (Å²) in [6, 6.07) is 5.39. The van der Waals surface area contributed by atoms with Crippen LogP contribution < -0.4 is 16.8 Å². The van der Waals surface area contributed by atoms with E-state index < -0.39 is 10.9 Å². The summed E-state index contributed by atoms with van der Waals surface area (Å²) in [7, 11) is 0. The molecule has 0 fully saturated rings. The molecule has 1 aromatic carbocycles. The number of anilines is 3. The van der Waals surface area contributed by atoms with Crippen LogP contribution in [0.3, 0.4) is 0 Å². The van der Waals surface area contributed by atoms with Crippen LogP contribution in [0.1, 0.15) is 17.3 Å². The molecule has 0 atom stereocenters. The van der Waals surface area contributed by atoms with Crippen LogP contribution in [0.4, 0.5) is 23.0 Å². The topological polar surface area (TPSA) is 176 Å². The predicted molar refractivity (Wildman–Crippen MR) is 99.3 cm³/mol. The summed E-state index contributed by atoms with van der Waals surface area (Å²) in [5, 5.41) is 13.3. The maximum Gasteiger partial charge on any atom is 0.345 e. The number of rotatable bonds is 7. The maximum atomic E-state index is 12.0. The van der Waals surface area contributed by atoms with Gasteiger partial charge in [0.25, 0.3) is 5.69 Å². The Morgan fingerprint density at radius 1 is 1.22 bits per heavy atom. The number of thioether (sulfide) groups is 1. The molecule has 1 heterocycles. The number of carbonyl (C=O) groups excluding carboxylic acids is 2. The summed E-state index contributed by atoms with van der Waals surface area (Å²) in [5.74, 6) is -1.45. The molecule has 2 rings (SSSR count). The first-order valence-electron chi connectivity index (χ1n) is 7.59. The number of hydrogen-bond acceptors (Lipinski definition) is 10. The van der Waals surface area contributed by atoms with Gasteiger partial charge in [0.1, 0.15) is 17.2 Å². The molecule has 142 valence electrons. The van der Waals surface area contributed by atoms with Crippen LogP contribution in [-0.2, 0) is 9.53 Å². The number of nitrogens with one attached hydrogen (secondary N) is 1. The molecule has 1 amide bonds. The molecule has 2 aromatic rings. The number of nitro benzene ring substituents is 1. The number of amides is 1. The molecule has 0 saturated heterocycles. The molecule has 0 aliphatic rings. The molecule has 0 spiro atoms. The van der Waals surface area contributed by atoms with E-state index in [2.05, 4.69) is 15.3 Å². The van der Waals surface area contributed by atoms with Gasteiger partial charge in [0.15, 0.2) is 5.16 Å². The van der Waals surface area contributed by atoms with Crippen molar-refractivity contribution in [2.24, 2.45) is 0 Å². The average Bonchev–Trinajstić information content (AvgIpc) is 2.60. The Bertz CT molecular complexity index is 850. The van der Waals surface area contributed by atoms with E-state index in [9.17, 15) is 19.7 Å². The molecular formula is C15H16N6O5S. The second kappa shape index (κ2) is 8.80. The van der Waals surface area contributed by atoms with Crippen molar-refractivity contribution in [2.75, 3.05) is 29.1 Å². The SMILES string of the molecule is CCOC(=O)c1c(N)nc(SCC(=O)Nc2ccc([N+](=O)[O-])cc2)nc1N. The van der Waals surface area contributed by atoms with Crippen molar-refractivity contribution in [1.82, 2.24) is 9.97 Å². The summed E-state index contributed by atoms with van der Waals surface area (Å²) in [6.45, 7) is 1.79. The number of benzene rings is 1. The number of nitrogens with two attached hydrogens (primary N) is 2. The number of esters is 1. The van der Waals surface area contributed by atoms with Crippen LogP contribution in [0, 0.1) is 10.1 Å². The first kappa shape index (κ1) is 19.9. The molecule has 0 bridgehead atoms. The third-order valence-corrected chi connectivity index (χ3v) is 3.97. The largest absolute Gasteiger partial charge is 0.462 e. The van der Waals surface area contributed by atoms with Crippen molar-refractivity contribution >= 4 is 46.6 Å². The first-order valence-corrected chi connectivity index (χ1v) is 8.57. The van der Waals surface area contributed by atoms with Crippen molar-refractivity contribution < 1.29 is 19.2 Å². The number of carbonyl (C=O) groups is 2. The van der Waals surface area contributed by atoms with Crippen LogP contribution in [-0.4, -0.2) is 39.1 Å². The fraction of sp³-hybridized carbons (Fsp3) is 0.200. The Balaban J connectivity index is 1.98. The molecule has 0 aliphatic heterocycles. The zero-order chi connectivity index (χ0) is 20.0. The van der Waals surface area contributed by atoms with Gasteiger partial charge in [0.2, 0.25) is 5.91 Å². The average molecular weight is 392 g/mol. The number of ether oxygens (including phenoxy) is 1. The summed E-state index contributed by atoms with van der Waals surface area (Å²) in [5.41, 5.74) is 11.7. The second-order valence-electron chi connectivity index (χ2n) is 5.01. The fourth-order valence-corrected chi connectivity index (χ4v) is 2.60. The van der Waals surface area contributed by atoms with Gasteiger partial charge in [-0.3, -0.25) is 14.9 Å². The second-order valence-corrected chi connectivity index (χ2v) is 5.96. The van der Waals surface area contributed by atoms with Crippen molar-refractivity contribution in [1.29, 1.82) is 0 Å². The van der Waals surface area contributed by atoms with Crippen LogP contribution in [0.25, 0.3) is 0 Å². The molecule has 0 aliphatic carbocycles. The lowest BCUT2D eigenvalue weighted by Gasteiger charge is -2.09. The number of aromatic nitrogens is 2. The molecule has 27 heavy (non-hydrogen) atoms. The third kappa shape index (κ3) is 5.28. The van der Waals surface area contributed by atoms with Gasteiger partial charge < -0.3 is 21.5 Å². The smallest absolute Gasteiger partial charge is 0.345 e.